The average molecular weight is 471 g/mol. The van der Waals surface area contributed by atoms with Crippen molar-refractivity contribution < 1.29 is 0 Å². The molecular weight excluding hydrogens is 420 g/mol. The van der Waals surface area contributed by atoms with E-state index in [-0.39, 0.29) is 0 Å². The fourth-order valence-corrected chi connectivity index (χ4v) is 13.5. The van der Waals surface area contributed by atoms with Crippen molar-refractivity contribution in [3.05, 3.63) is 43.8 Å². The maximum Gasteiger partial charge on any atom is 0.137 e. The Labute approximate surface area is 202 Å². The monoisotopic (exact) mass is 470 g/mol. The number of hydrogen-bond acceptors (Lipinski definition) is 2. The van der Waals surface area contributed by atoms with Gasteiger partial charge in [-0.15, -0.1) is 0 Å². The Hall–Kier alpha value is -0.686. The minimum absolute atomic E-state index is 0.666. The molecule has 0 N–H and O–H groups in total. The molecule has 3 aliphatic carbocycles. The Morgan fingerprint density at radius 1 is 0.562 bits per heavy atom. The van der Waals surface area contributed by atoms with Gasteiger partial charge in [0.1, 0.15) is 17.9 Å². The number of allylic oxidation sites excluding steroid dienone is 8. The number of rotatable bonds is 6. The minimum atomic E-state index is -1.08. The zero-order valence-corrected chi connectivity index (χ0v) is 25.5. The van der Waals surface area contributed by atoms with Crippen molar-refractivity contribution in [3.63, 3.8) is 0 Å². The third kappa shape index (κ3) is 4.37. The molecule has 4 atom stereocenters. The molecule has 0 bridgehead atoms. The van der Waals surface area contributed by atoms with Crippen molar-refractivity contribution in [1.29, 1.82) is 0 Å². The molecule has 1 fully saturated rings. The summed E-state index contributed by atoms with van der Waals surface area (Å²) in [6, 6.07) is 1.56. The molecule has 3 rings (SSSR count). The van der Waals surface area contributed by atoms with Crippen LogP contribution < -0.4 is 0 Å². The summed E-state index contributed by atoms with van der Waals surface area (Å²) in [4.78, 5) is 0. The van der Waals surface area contributed by atoms with Gasteiger partial charge in [-0.25, -0.2) is 0 Å². The molecule has 0 heterocycles. The predicted octanol–water partition coefficient (Wildman–Crippen LogP) is 6.55. The molecule has 0 spiro atoms. The van der Waals surface area contributed by atoms with E-state index in [1.807, 2.05) is 0 Å². The van der Waals surface area contributed by atoms with Gasteiger partial charge in [-0.1, -0.05) is 59.6 Å². The van der Waals surface area contributed by atoms with E-state index in [4.69, 9.17) is 0 Å². The Bertz CT molecular complexity index is 798. The van der Waals surface area contributed by atoms with Gasteiger partial charge in [0.15, 0.2) is 0 Å². The molecule has 2 nitrogen and oxygen atoms in total. The molecule has 0 amide bonds. The summed E-state index contributed by atoms with van der Waals surface area (Å²) >= 11 is 0. The van der Waals surface area contributed by atoms with Gasteiger partial charge >= 0.3 is 0 Å². The Morgan fingerprint density at radius 2 is 0.844 bits per heavy atom. The molecule has 0 aromatic carbocycles. The van der Waals surface area contributed by atoms with Crippen LogP contribution in [0.25, 0.3) is 0 Å². The van der Waals surface area contributed by atoms with Crippen LogP contribution in [0.3, 0.4) is 0 Å². The van der Waals surface area contributed by atoms with Gasteiger partial charge in [-0.2, -0.15) is 0 Å². The second kappa shape index (κ2) is 9.89. The van der Waals surface area contributed by atoms with E-state index >= 15 is 0 Å². The fraction of sp³-hybridized carbons (Fsp3) is 0.714. The second-order valence-electron chi connectivity index (χ2n) is 11.4. The molecule has 0 radical (unpaired) electrons. The van der Waals surface area contributed by atoms with Crippen LogP contribution in [-0.2, 0) is 0 Å². The van der Waals surface area contributed by atoms with E-state index in [0.29, 0.717) is 11.8 Å². The van der Waals surface area contributed by atoms with E-state index < -0.39 is 17.9 Å². The van der Waals surface area contributed by atoms with Crippen LogP contribution in [0, 0.1) is 11.8 Å². The normalized spacial score (nSPS) is 31.7. The van der Waals surface area contributed by atoms with Crippen molar-refractivity contribution in [1.82, 2.24) is 9.13 Å². The van der Waals surface area contributed by atoms with Crippen LogP contribution in [0.5, 0.6) is 0 Å². The van der Waals surface area contributed by atoms with Gasteiger partial charge in [0.05, 0.1) is 0 Å². The average Bonchev–Trinajstić information content (AvgIpc) is 3.10. The standard InChI is InChI=1S/C28H50N2Si2/c1-17-18(2)22(6)27(21(17)5)31(11)29(9)25-13-15-26(16-14-25)30(10)32(12)28-23(7)19(3)20(4)24(28)8/h21,23,25-26,31-32H,13-16H2,1-12H3. The second-order valence-corrected chi connectivity index (χ2v) is 16.9. The molecule has 4 heteroatoms. The molecule has 3 aliphatic rings. The smallest absolute Gasteiger partial charge is 0.137 e. The lowest BCUT2D eigenvalue weighted by molar-refractivity contribution is 0.211. The van der Waals surface area contributed by atoms with Crippen LogP contribution in [-0.4, -0.2) is 53.2 Å². The van der Waals surface area contributed by atoms with Crippen LogP contribution >= 0.6 is 0 Å². The fourth-order valence-electron chi connectivity index (χ4n) is 7.08. The number of hydrogen-bond donors (Lipinski definition) is 0. The zero-order chi connectivity index (χ0) is 24.1. The maximum atomic E-state index is 2.85. The lowest BCUT2D eigenvalue weighted by Crippen LogP contribution is -2.50. The first-order valence-corrected chi connectivity index (χ1v) is 17.6. The molecule has 4 unspecified atom stereocenters. The molecular formula is C28H50N2Si2. The first-order valence-electron chi connectivity index (χ1n) is 13.1. The summed E-state index contributed by atoms with van der Waals surface area (Å²) < 4.78 is 5.70. The number of nitrogens with zero attached hydrogens (tertiary/aromatic N) is 2. The predicted molar refractivity (Wildman–Crippen MR) is 148 cm³/mol. The largest absolute Gasteiger partial charge is 0.323 e. The van der Waals surface area contributed by atoms with Crippen LogP contribution in [0.15, 0.2) is 43.8 Å². The molecule has 180 valence electrons. The van der Waals surface area contributed by atoms with E-state index in [0.717, 1.165) is 12.1 Å². The van der Waals surface area contributed by atoms with Crippen LogP contribution in [0.1, 0.15) is 81.1 Å². The highest BCUT2D eigenvalue weighted by Gasteiger charge is 2.37. The van der Waals surface area contributed by atoms with Crippen molar-refractivity contribution >= 4 is 17.9 Å². The van der Waals surface area contributed by atoms with Gasteiger partial charge < -0.3 is 9.13 Å². The summed E-state index contributed by atoms with van der Waals surface area (Å²) in [5.74, 6) is 1.33. The van der Waals surface area contributed by atoms with E-state index in [9.17, 15) is 0 Å². The van der Waals surface area contributed by atoms with Crippen molar-refractivity contribution in [3.8, 4) is 0 Å². The van der Waals surface area contributed by atoms with Crippen molar-refractivity contribution in [2.24, 2.45) is 11.8 Å². The highest BCUT2D eigenvalue weighted by molar-refractivity contribution is 6.63. The molecule has 32 heavy (non-hydrogen) atoms. The molecule has 0 aromatic heterocycles. The summed E-state index contributed by atoms with van der Waals surface area (Å²) in [7, 11) is 2.75. The summed E-state index contributed by atoms with van der Waals surface area (Å²) in [6.07, 6.45) is 5.50. The molecule has 0 saturated heterocycles. The van der Waals surface area contributed by atoms with Gasteiger partial charge in [-0.3, -0.25) is 0 Å². The Kier molecular flexibility index (Phi) is 8.02. The maximum absolute atomic E-state index is 2.85. The summed E-state index contributed by atoms with van der Waals surface area (Å²) in [5.41, 5.74) is 9.58. The van der Waals surface area contributed by atoms with E-state index in [1.54, 1.807) is 43.8 Å². The minimum Gasteiger partial charge on any atom is -0.323 e. The van der Waals surface area contributed by atoms with Crippen molar-refractivity contribution in [2.45, 2.75) is 106 Å². The quantitative estimate of drug-likeness (QED) is 0.406. The Balaban J connectivity index is 1.62. The third-order valence-corrected chi connectivity index (χ3v) is 17.3. The highest BCUT2D eigenvalue weighted by atomic mass is 28.3. The summed E-state index contributed by atoms with van der Waals surface area (Å²) in [5, 5.41) is 3.61. The topological polar surface area (TPSA) is 6.48 Å². The lowest BCUT2D eigenvalue weighted by Gasteiger charge is -2.43. The first-order chi connectivity index (χ1) is 14.9. The van der Waals surface area contributed by atoms with Crippen LogP contribution in [0.2, 0.25) is 13.1 Å². The van der Waals surface area contributed by atoms with E-state index in [2.05, 4.69) is 91.7 Å². The molecule has 1 saturated carbocycles. The first kappa shape index (κ1) is 25.9. The zero-order valence-electron chi connectivity index (χ0n) is 23.2. The van der Waals surface area contributed by atoms with Crippen molar-refractivity contribution in [2.75, 3.05) is 14.1 Å². The van der Waals surface area contributed by atoms with Gasteiger partial charge in [-0.05, 0) is 104 Å². The molecule has 0 aliphatic heterocycles. The van der Waals surface area contributed by atoms with Gasteiger partial charge in [0.2, 0.25) is 0 Å². The van der Waals surface area contributed by atoms with Gasteiger partial charge in [0, 0.05) is 12.1 Å². The summed E-state index contributed by atoms with van der Waals surface area (Å²) in [6.45, 7) is 24.2. The third-order valence-electron chi connectivity index (χ3n) is 10.3. The molecule has 0 aromatic rings. The lowest BCUT2D eigenvalue weighted by atomic mass is 9.91. The van der Waals surface area contributed by atoms with Crippen LogP contribution in [0.4, 0.5) is 0 Å². The Morgan fingerprint density at radius 3 is 1.06 bits per heavy atom. The highest BCUT2D eigenvalue weighted by Crippen LogP contribution is 2.41. The van der Waals surface area contributed by atoms with E-state index in [1.165, 1.54) is 25.7 Å². The van der Waals surface area contributed by atoms with Gasteiger partial charge in [0.25, 0.3) is 0 Å². The SMILES string of the molecule is CC1=C(C)C(C)C([SiH](C)N(C)C2CCC(N(C)[SiH](C)C3=C(C)C(C)=C(C)C3C)CC2)=C1C.